The van der Waals surface area contributed by atoms with E-state index in [0.29, 0.717) is 0 Å². The molecule has 1 N–H and O–H groups in total. The molecule has 13 heavy (non-hydrogen) atoms. The fourth-order valence-electron chi connectivity index (χ4n) is 1.06. The van der Waals surface area contributed by atoms with E-state index in [1.165, 1.54) is 10.4 Å². The van der Waals surface area contributed by atoms with E-state index < -0.39 is 0 Å². The number of hydrogen-bond acceptors (Lipinski definition) is 1. The molecular formula is C12H19N. The first-order valence-corrected chi connectivity index (χ1v) is 4.77. The van der Waals surface area contributed by atoms with E-state index in [9.17, 15) is 0 Å². The Bertz CT molecular complexity index is 325. The Morgan fingerprint density at radius 2 is 1.62 bits per heavy atom. The number of nitrogens with one attached hydrogen (secondary N) is 1. The smallest absolute Gasteiger partial charge is 0.00411 e. The molecule has 1 aromatic carbocycles. The Morgan fingerprint density at radius 1 is 1.08 bits per heavy atom. The van der Waals surface area contributed by atoms with Crippen LogP contribution in [0.4, 0.5) is 0 Å². The van der Waals surface area contributed by atoms with Crippen LogP contribution < -0.4 is 15.8 Å². The lowest BCUT2D eigenvalue weighted by Crippen LogP contribution is -2.25. The summed E-state index contributed by atoms with van der Waals surface area (Å²) in [5.41, 5.74) is 0. The molecule has 0 aliphatic rings. The van der Waals surface area contributed by atoms with Crippen molar-refractivity contribution >= 4 is 12.3 Å². The largest absolute Gasteiger partial charge is 0.393 e. The molecule has 0 aliphatic heterocycles. The molecule has 0 aliphatic carbocycles. The highest BCUT2D eigenvalue weighted by atomic mass is 14.8. The standard InChI is InChI=1S/C10H13N.C2H6/c1-3-9-6-4-5-7-10(9)8-11-2;1-2/h3-8,11H,1-2H3;1-2H3/b9-3-,10-8-;. The van der Waals surface area contributed by atoms with Crippen LogP contribution in [0.25, 0.3) is 12.3 Å². The zero-order valence-electron chi connectivity index (χ0n) is 8.96. The zero-order chi connectivity index (χ0) is 10.1. The molecule has 0 unspecified atom stereocenters. The molecular weight excluding hydrogens is 158 g/mol. The maximum Gasteiger partial charge on any atom is 0.00411 e. The van der Waals surface area contributed by atoms with Crippen molar-refractivity contribution in [1.29, 1.82) is 0 Å². The molecule has 0 fully saturated rings. The number of hydrogen-bond donors (Lipinski definition) is 1. The van der Waals surface area contributed by atoms with Gasteiger partial charge in [-0.05, 0) is 17.4 Å². The lowest BCUT2D eigenvalue weighted by molar-refractivity contribution is 1.17. The fraction of sp³-hybridized carbons (Fsp3) is 0.333. The Hall–Kier alpha value is -1.24. The van der Waals surface area contributed by atoms with E-state index in [0.717, 1.165) is 0 Å². The minimum Gasteiger partial charge on any atom is -0.393 e. The minimum absolute atomic E-state index is 1.23. The van der Waals surface area contributed by atoms with Crippen molar-refractivity contribution in [2.75, 3.05) is 7.05 Å². The van der Waals surface area contributed by atoms with Crippen LogP contribution in [0.15, 0.2) is 24.3 Å². The molecule has 1 heteroatoms. The first-order valence-electron chi connectivity index (χ1n) is 4.77. The van der Waals surface area contributed by atoms with Crippen molar-refractivity contribution in [3.8, 4) is 0 Å². The van der Waals surface area contributed by atoms with E-state index in [2.05, 4.69) is 23.5 Å². The molecule has 0 aromatic heterocycles. The van der Waals surface area contributed by atoms with Gasteiger partial charge in [-0.3, -0.25) is 0 Å². The fourth-order valence-corrected chi connectivity index (χ4v) is 1.06. The molecule has 0 atom stereocenters. The van der Waals surface area contributed by atoms with Crippen molar-refractivity contribution < 1.29 is 0 Å². The van der Waals surface area contributed by atoms with Gasteiger partial charge in [-0.1, -0.05) is 44.2 Å². The molecule has 0 radical (unpaired) electrons. The van der Waals surface area contributed by atoms with Gasteiger partial charge in [0.1, 0.15) is 0 Å². The van der Waals surface area contributed by atoms with Crippen molar-refractivity contribution in [2.45, 2.75) is 20.8 Å². The summed E-state index contributed by atoms with van der Waals surface area (Å²) in [7, 11) is 1.91. The molecule has 1 nitrogen and oxygen atoms in total. The normalized spacial score (nSPS) is 12.0. The van der Waals surface area contributed by atoms with Crippen LogP contribution >= 0.6 is 0 Å². The third-order valence-corrected chi connectivity index (χ3v) is 1.61. The Balaban J connectivity index is 0.000000671. The van der Waals surface area contributed by atoms with Gasteiger partial charge in [0.25, 0.3) is 0 Å². The summed E-state index contributed by atoms with van der Waals surface area (Å²) in [4.78, 5) is 0. The van der Waals surface area contributed by atoms with Gasteiger partial charge >= 0.3 is 0 Å². The highest BCUT2D eigenvalue weighted by Crippen LogP contribution is 1.70. The average molecular weight is 177 g/mol. The Labute approximate surface area is 80.8 Å². The quantitative estimate of drug-likeness (QED) is 0.685. The summed E-state index contributed by atoms with van der Waals surface area (Å²) < 4.78 is 0. The predicted molar refractivity (Wildman–Crippen MR) is 60.7 cm³/mol. The zero-order valence-corrected chi connectivity index (χ0v) is 8.96. The van der Waals surface area contributed by atoms with E-state index in [1.807, 2.05) is 46.2 Å². The van der Waals surface area contributed by atoms with Gasteiger partial charge in [0, 0.05) is 13.2 Å². The Kier molecular flexibility index (Phi) is 6.70. The third kappa shape index (κ3) is 3.79. The van der Waals surface area contributed by atoms with E-state index in [1.54, 1.807) is 0 Å². The third-order valence-electron chi connectivity index (χ3n) is 1.61. The minimum atomic E-state index is 1.23. The summed E-state index contributed by atoms with van der Waals surface area (Å²) in [6.07, 6.45) is 4.10. The van der Waals surface area contributed by atoms with Crippen LogP contribution in [-0.4, -0.2) is 7.05 Å². The molecule has 0 saturated carbocycles. The van der Waals surface area contributed by atoms with Gasteiger partial charge in [-0.2, -0.15) is 0 Å². The van der Waals surface area contributed by atoms with Crippen molar-refractivity contribution in [2.24, 2.45) is 0 Å². The molecule has 1 rings (SSSR count). The summed E-state index contributed by atoms with van der Waals surface area (Å²) in [6, 6.07) is 8.27. The van der Waals surface area contributed by atoms with Gasteiger partial charge in [0.15, 0.2) is 0 Å². The maximum absolute atomic E-state index is 3.01. The summed E-state index contributed by atoms with van der Waals surface area (Å²) >= 11 is 0. The molecule has 0 saturated heterocycles. The highest BCUT2D eigenvalue weighted by molar-refractivity contribution is 5.28. The van der Waals surface area contributed by atoms with Crippen LogP contribution in [0.3, 0.4) is 0 Å². The molecule has 0 heterocycles. The number of benzene rings is 1. The molecule has 1 aromatic rings. The SMILES string of the molecule is C/C=c1/cccc/c1=C/NC.CC. The first kappa shape index (κ1) is 11.8. The maximum atomic E-state index is 3.01. The van der Waals surface area contributed by atoms with Crippen LogP contribution in [0.1, 0.15) is 20.8 Å². The second-order valence-electron chi connectivity index (χ2n) is 2.35. The van der Waals surface area contributed by atoms with Crippen LogP contribution in [0.2, 0.25) is 0 Å². The van der Waals surface area contributed by atoms with Crippen LogP contribution in [0.5, 0.6) is 0 Å². The van der Waals surface area contributed by atoms with Crippen LogP contribution in [-0.2, 0) is 0 Å². The van der Waals surface area contributed by atoms with E-state index >= 15 is 0 Å². The predicted octanol–water partition coefficient (Wildman–Crippen LogP) is 1.47. The topological polar surface area (TPSA) is 12.0 Å². The lowest BCUT2D eigenvalue weighted by atomic mass is 10.2. The molecule has 0 amide bonds. The van der Waals surface area contributed by atoms with Gasteiger partial charge < -0.3 is 5.32 Å². The van der Waals surface area contributed by atoms with Gasteiger partial charge in [-0.15, -0.1) is 0 Å². The average Bonchev–Trinajstić information content (AvgIpc) is 2.22. The van der Waals surface area contributed by atoms with Gasteiger partial charge in [0.2, 0.25) is 0 Å². The van der Waals surface area contributed by atoms with Gasteiger partial charge in [0.05, 0.1) is 0 Å². The number of rotatable bonds is 1. The van der Waals surface area contributed by atoms with Crippen molar-refractivity contribution in [3.05, 3.63) is 34.7 Å². The summed E-state index contributed by atoms with van der Waals surface area (Å²) in [6.45, 7) is 6.04. The summed E-state index contributed by atoms with van der Waals surface area (Å²) in [5, 5.41) is 5.51. The van der Waals surface area contributed by atoms with Gasteiger partial charge in [-0.25, -0.2) is 0 Å². The summed E-state index contributed by atoms with van der Waals surface area (Å²) in [5.74, 6) is 0. The Morgan fingerprint density at radius 3 is 2.08 bits per heavy atom. The molecule has 72 valence electrons. The lowest BCUT2D eigenvalue weighted by Gasteiger charge is -1.89. The van der Waals surface area contributed by atoms with E-state index in [-0.39, 0.29) is 0 Å². The van der Waals surface area contributed by atoms with Crippen LogP contribution in [0, 0.1) is 0 Å². The molecule has 0 bridgehead atoms. The second kappa shape index (κ2) is 7.41. The first-order chi connectivity index (χ1) is 6.38. The van der Waals surface area contributed by atoms with Crippen molar-refractivity contribution in [1.82, 2.24) is 5.32 Å². The van der Waals surface area contributed by atoms with Crippen molar-refractivity contribution in [3.63, 3.8) is 0 Å². The highest BCUT2D eigenvalue weighted by Gasteiger charge is 1.78. The second-order valence-corrected chi connectivity index (χ2v) is 2.35. The molecule has 0 spiro atoms. The van der Waals surface area contributed by atoms with E-state index in [4.69, 9.17) is 0 Å². The monoisotopic (exact) mass is 177 g/mol.